The van der Waals surface area contributed by atoms with Crippen molar-refractivity contribution < 1.29 is 14.2 Å². The smallest absolute Gasteiger partial charge is 0.218 e. The van der Waals surface area contributed by atoms with Crippen LogP contribution in [0.4, 0.5) is 0 Å². The monoisotopic (exact) mass is 364 g/mol. The Morgan fingerprint density at radius 2 is 2.19 bits per heavy atom. The second-order valence-electron chi connectivity index (χ2n) is 6.42. The number of nitrogens with one attached hydrogen (secondary N) is 1. The predicted octanol–water partition coefficient (Wildman–Crippen LogP) is 1.93. The molecule has 2 rings (SSSR count). The van der Waals surface area contributed by atoms with Gasteiger partial charge in [-0.25, -0.2) is 9.98 Å². The molecule has 0 aliphatic heterocycles. The lowest BCUT2D eigenvalue weighted by Crippen LogP contribution is -2.40. The van der Waals surface area contributed by atoms with Gasteiger partial charge >= 0.3 is 0 Å². The van der Waals surface area contributed by atoms with Crippen LogP contribution in [0.2, 0.25) is 0 Å². The summed E-state index contributed by atoms with van der Waals surface area (Å²) in [5.74, 6) is 2.26. The molecule has 1 N–H and O–H groups in total. The van der Waals surface area contributed by atoms with Crippen LogP contribution in [0.3, 0.4) is 0 Å². The maximum absolute atomic E-state index is 5.73. The molecule has 0 amide bonds. The van der Waals surface area contributed by atoms with Crippen molar-refractivity contribution in [2.24, 2.45) is 10.9 Å². The molecule has 1 aromatic heterocycles. The van der Waals surface area contributed by atoms with Crippen LogP contribution in [0, 0.1) is 5.92 Å². The Balaban J connectivity index is 1.88. The third-order valence-corrected chi connectivity index (χ3v) is 4.09. The van der Waals surface area contributed by atoms with Gasteiger partial charge < -0.3 is 24.4 Å². The summed E-state index contributed by atoms with van der Waals surface area (Å²) >= 11 is 0. The number of aromatic nitrogens is 1. The largest absolute Gasteiger partial charge is 0.475 e. The second kappa shape index (κ2) is 11.7. The summed E-state index contributed by atoms with van der Waals surface area (Å²) in [4.78, 5) is 11.1. The normalized spacial score (nSPS) is 14.3. The fourth-order valence-electron chi connectivity index (χ4n) is 2.37. The standard InChI is InChI=1S/C19H32N4O3/c1-4-20-19(23(2)10-11-25-15-16-7-8-16)22-14-17-6-5-9-21-18(17)26-13-12-24-3/h5-6,9,16H,4,7-8,10-15H2,1-3H3,(H,20,22). The molecule has 0 unspecified atom stereocenters. The van der Waals surface area contributed by atoms with Gasteiger partial charge in [0.25, 0.3) is 0 Å². The van der Waals surface area contributed by atoms with Crippen molar-refractivity contribution in [2.45, 2.75) is 26.3 Å². The minimum absolute atomic E-state index is 0.475. The molecule has 0 radical (unpaired) electrons. The number of rotatable bonds is 12. The topological polar surface area (TPSA) is 68.2 Å². The first-order valence-electron chi connectivity index (χ1n) is 9.37. The molecule has 1 saturated carbocycles. The fourth-order valence-corrected chi connectivity index (χ4v) is 2.37. The Morgan fingerprint density at radius 3 is 2.92 bits per heavy atom. The molecule has 0 bridgehead atoms. The van der Waals surface area contributed by atoms with Crippen molar-refractivity contribution in [1.82, 2.24) is 15.2 Å². The van der Waals surface area contributed by atoms with Gasteiger partial charge in [0.1, 0.15) is 6.61 Å². The van der Waals surface area contributed by atoms with Crippen molar-refractivity contribution in [3.8, 4) is 5.88 Å². The number of likely N-dealkylation sites (N-methyl/N-ethyl adjacent to an activating group) is 1. The third-order valence-electron chi connectivity index (χ3n) is 4.09. The Kier molecular flexibility index (Phi) is 9.20. The van der Waals surface area contributed by atoms with Gasteiger partial charge in [-0.2, -0.15) is 0 Å². The van der Waals surface area contributed by atoms with Crippen molar-refractivity contribution in [3.63, 3.8) is 0 Å². The van der Waals surface area contributed by atoms with Crippen LogP contribution in [-0.2, 0) is 16.0 Å². The van der Waals surface area contributed by atoms with Gasteiger partial charge in [-0.15, -0.1) is 0 Å². The van der Waals surface area contributed by atoms with E-state index in [0.717, 1.165) is 43.7 Å². The molecule has 1 heterocycles. The molecule has 0 atom stereocenters. The second-order valence-corrected chi connectivity index (χ2v) is 6.42. The first-order valence-corrected chi connectivity index (χ1v) is 9.37. The molecule has 0 saturated heterocycles. The zero-order valence-electron chi connectivity index (χ0n) is 16.2. The van der Waals surface area contributed by atoms with E-state index in [1.165, 1.54) is 12.8 Å². The zero-order valence-corrected chi connectivity index (χ0v) is 16.2. The van der Waals surface area contributed by atoms with Gasteiger partial charge in [-0.05, 0) is 31.7 Å². The molecular weight excluding hydrogens is 332 g/mol. The molecule has 1 fully saturated rings. The third kappa shape index (κ3) is 7.58. The molecule has 146 valence electrons. The summed E-state index contributed by atoms with van der Waals surface area (Å²) in [7, 11) is 3.68. The Hall–Kier alpha value is -1.86. The minimum atomic E-state index is 0.475. The highest BCUT2D eigenvalue weighted by molar-refractivity contribution is 5.79. The van der Waals surface area contributed by atoms with Crippen LogP contribution < -0.4 is 10.1 Å². The molecule has 0 spiro atoms. The molecule has 1 aromatic rings. The summed E-state index contributed by atoms with van der Waals surface area (Å²) in [5, 5.41) is 3.33. The molecule has 7 nitrogen and oxygen atoms in total. The average molecular weight is 364 g/mol. The number of ether oxygens (including phenoxy) is 3. The molecule has 26 heavy (non-hydrogen) atoms. The molecule has 7 heteroatoms. The summed E-state index contributed by atoms with van der Waals surface area (Å²) in [5.41, 5.74) is 0.956. The molecule has 0 aromatic carbocycles. The summed E-state index contributed by atoms with van der Waals surface area (Å²) < 4.78 is 16.4. The average Bonchev–Trinajstić information content (AvgIpc) is 3.47. The molecule has 1 aliphatic carbocycles. The van der Waals surface area contributed by atoms with Gasteiger partial charge in [-0.1, -0.05) is 6.07 Å². The number of hydrogen-bond acceptors (Lipinski definition) is 5. The fraction of sp³-hybridized carbons (Fsp3) is 0.684. The van der Waals surface area contributed by atoms with E-state index in [9.17, 15) is 0 Å². The first kappa shape index (κ1) is 20.5. The van der Waals surface area contributed by atoms with Crippen LogP contribution in [-0.4, -0.2) is 69.5 Å². The number of pyridine rings is 1. The van der Waals surface area contributed by atoms with Crippen molar-refractivity contribution in [2.75, 3.05) is 53.7 Å². The van der Waals surface area contributed by atoms with E-state index in [1.54, 1.807) is 13.3 Å². The van der Waals surface area contributed by atoms with Crippen LogP contribution in [0.25, 0.3) is 0 Å². The number of aliphatic imine (C=N–C) groups is 1. The van der Waals surface area contributed by atoms with Gasteiger partial charge in [0.2, 0.25) is 5.88 Å². The number of hydrogen-bond donors (Lipinski definition) is 1. The maximum Gasteiger partial charge on any atom is 0.218 e. The molecular formula is C19H32N4O3. The lowest BCUT2D eigenvalue weighted by Gasteiger charge is -2.22. The van der Waals surface area contributed by atoms with Crippen LogP contribution in [0.1, 0.15) is 25.3 Å². The minimum Gasteiger partial charge on any atom is -0.475 e. The Morgan fingerprint density at radius 1 is 1.35 bits per heavy atom. The Labute approximate surface area is 156 Å². The van der Waals surface area contributed by atoms with E-state index >= 15 is 0 Å². The van der Waals surface area contributed by atoms with Crippen LogP contribution in [0.15, 0.2) is 23.3 Å². The first-order chi connectivity index (χ1) is 12.7. The van der Waals surface area contributed by atoms with Crippen molar-refractivity contribution in [1.29, 1.82) is 0 Å². The lowest BCUT2D eigenvalue weighted by molar-refractivity contribution is 0.115. The van der Waals surface area contributed by atoms with E-state index in [0.29, 0.717) is 25.6 Å². The van der Waals surface area contributed by atoms with Gasteiger partial charge in [0.15, 0.2) is 5.96 Å². The van der Waals surface area contributed by atoms with Crippen LogP contribution in [0.5, 0.6) is 5.88 Å². The number of methoxy groups -OCH3 is 1. The number of nitrogens with zero attached hydrogens (tertiary/aromatic N) is 3. The highest BCUT2D eigenvalue weighted by Gasteiger charge is 2.21. The van der Waals surface area contributed by atoms with Crippen molar-refractivity contribution in [3.05, 3.63) is 23.9 Å². The summed E-state index contributed by atoms with van der Waals surface area (Å²) in [6.07, 6.45) is 4.36. The number of guanidine groups is 1. The van der Waals surface area contributed by atoms with Crippen molar-refractivity contribution >= 4 is 5.96 Å². The lowest BCUT2D eigenvalue weighted by atomic mass is 10.3. The highest BCUT2D eigenvalue weighted by Crippen LogP contribution is 2.28. The zero-order chi connectivity index (χ0) is 18.6. The summed E-state index contributed by atoms with van der Waals surface area (Å²) in [6.45, 7) is 6.81. The van der Waals surface area contributed by atoms with Gasteiger partial charge in [0, 0.05) is 45.6 Å². The highest BCUT2D eigenvalue weighted by atomic mass is 16.5. The van der Waals surface area contributed by atoms with E-state index < -0.39 is 0 Å². The van der Waals surface area contributed by atoms with Gasteiger partial charge in [0.05, 0.1) is 19.8 Å². The van der Waals surface area contributed by atoms with E-state index in [1.807, 2.05) is 19.2 Å². The SMILES string of the molecule is CCNC(=NCc1cccnc1OCCOC)N(C)CCOCC1CC1. The Bertz CT molecular complexity index is 549. The molecule has 1 aliphatic rings. The quantitative estimate of drug-likeness (QED) is 0.347. The van der Waals surface area contributed by atoms with Crippen LogP contribution >= 0.6 is 0 Å². The summed E-state index contributed by atoms with van der Waals surface area (Å²) in [6, 6.07) is 3.89. The maximum atomic E-state index is 5.73. The van der Waals surface area contributed by atoms with Gasteiger partial charge in [-0.3, -0.25) is 0 Å². The van der Waals surface area contributed by atoms with E-state index in [2.05, 4.69) is 22.1 Å². The van der Waals surface area contributed by atoms with E-state index in [-0.39, 0.29) is 0 Å². The van der Waals surface area contributed by atoms with E-state index in [4.69, 9.17) is 19.2 Å². The predicted molar refractivity (Wildman–Crippen MR) is 103 cm³/mol.